The molecule has 0 aliphatic rings. The van der Waals surface area contributed by atoms with E-state index in [4.69, 9.17) is 5.26 Å². The van der Waals surface area contributed by atoms with Crippen LogP contribution in [0.25, 0.3) is 10.6 Å². The molecule has 3 rings (SSSR count). The van der Waals surface area contributed by atoms with Crippen LogP contribution >= 0.6 is 11.3 Å². The number of benzene rings is 1. The van der Waals surface area contributed by atoms with Gasteiger partial charge in [0.1, 0.15) is 5.69 Å². The molecule has 21 heavy (non-hydrogen) atoms. The van der Waals surface area contributed by atoms with Gasteiger partial charge in [-0.15, -0.1) is 11.3 Å². The van der Waals surface area contributed by atoms with Crippen molar-refractivity contribution >= 4 is 11.3 Å². The van der Waals surface area contributed by atoms with Crippen LogP contribution in [-0.4, -0.2) is 9.78 Å². The minimum Gasteiger partial charge on any atom is -0.268 e. The van der Waals surface area contributed by atoms with Crippen LogP contribution in [0.2, 0.25) is 0 Å². The summed E-state index contributed by atoms with van der Waals surface area (Å²) in [4.78, 5) is 13.0. The Hall–Kier alpha value is -2.71. The predicted molar refractivity (Wildman–Crippen MR) is 82.1 cm³/mol. The summed E-state index contributed by atoms with van der Waals surface area (Å²) in [6, 6.07) is 16.5. The number of nitriles is 1. The van der Waals surface area contributed by atoms with Gasteiger partial charge in [-0.3, -0.25) is 4.79 Å². The average Bonchev–Trinajstić information content (AvgIpc) is 3.04. The van der Waals surface area contributed by atoms with E-state index >= 15 is 0 Å². The van der Waals surface area contributed by atoms with E-state index in [1.165, 1.54) is 10.7 Å². The van der Waals surface area contributed by atoms with Crippen LogP contribution in [0.4, 0.5) is 0 Å². The first kappa shape index (κ1) is 13.3. The highest BCUT2D eigenvalue weighted by molar-refractivity contribution is 7.13. The van der Waals surface area contributed by atoms with Gasteiger partial charge in [0, 0.05) is 6.07 Å². The third-order valence-corrected chi connectivity index (χ3v) is 3.99. The fourth-order valence-electron chi connectivity index (χ4n) is 2.05. The Morgan fingerprint density at radius 2 is 2.00 bits per heavy atom. The highest BCUT2D eigenvalue weighted by Gasteiger charge is 2.07. The molecule has 2 heterocycles. The maximum atomic E-state index is 12.0. The fraction of sp³-hybridized carbons (Fsp3) is 0.0625. The van der Waals surface area contributed by atoms with Crippen LogP contribution in [-0.2, 0) is 6.54 Å². The van der Waals surface area contributed by atoms with Crippen LogP contribution in [0.3, 0.4) is 0 Å². The van der Waals surface area contributed by atoms with Crippen molar-refractivity contribution in [2.75, 3.05) is 0 Å². The second kappa shape index (κ2) is 5.73. The molecule has 0 amide bonds. The number of hydrogen-bond donors (Lipinski definition) is 0. The fourth-order valence-corrected chi connectivity index (χ4v) is 2.74. The van der Waals surface area contributed by atoms with Crippen LogP contribution in [0.1, 0.15) is 11.1 Å². The molecule has 0 spiro atoms. The third kappa shape index (κ3) is 2.76. The van der Waals surface area contributed by atoms with E-state index in [9.17, 15) is 4.79 Å². The molecule has 102 valence electrons. The highest BCUT2D eigenvalue weighted by Crippen LogP contribution is 2.21. The van der Waals surface area contributed by atoms with E-state index in [1.54, 1.807) is 29.5 Å². The largest absolute Gasteiger partial charge is 0.268 e. The minimum atomic E-state index is -0.178. The molecule has 0 aliphatic carbocycles. The highest BCUT2D eigenvalue weighted by atomic mass is 32.1. The molecular formula is C16H11N3OS. The molecule has 0 bridgehead atoms. The summed E-state index contributed by atoms with van der Waals surface area (Å²) < 4.78 is 1.39. The van der Waals surface area contributed by atoms with Crippen molar-refractivity contribution < 1.29 is 0 Å². The Kier molecular flexibility index (Phi) is 3.63. The third-order valence-electron chi connectivity index (χ3n) is 3.10. The van der Waals surface area contributed by atoms with Crippen LogP contribution in [0, 0.1) is 11.3 Å². The van der Waals surface area contributed by atoms with Gasteiger partial charge in [-0.25, -0.2) is 4.68 Å². The Bertz CT molecular complexity index is 860. The van der Waals surface area contributed by atoms with Gasteiger partial charge in [0.25, 0.3) is 5.56 Å². The van der Waals surface area contributed by atoms with Crippen molar-refractivity contribution in [2.45, 2.75) is 6.54 Å². The van der Waals surface area contributed by atoms with Crippen molar-refractivity contribution in [3.05, 3.63) is 75.4 Å². The number of nitrogens with zero attached hydrogens (tertiary/aromatic N) is 3. The normalized spacial score (nSPS) is 10.2. The van der Waals surface area contributed by atoms with E-state index in [0.29, 0.717) is 12.1 Å². The zero-order valence-electron chi connectivity index (χ0n) is 11.1. The Labute approximate surface area is 125 Å². The monoisotopic (exact) mass is 293 g/mol. The molecule has 0 fully saturated rings. The standard InChI is InChI=1S/C16H11N3OS/c17-10-12-4-1-2-5-13(12)11-19-16(20)8-7-14(18-19)15-6-3-9-21-15/h1-9H,11H2. The number of hydrogen-bond acceptors (Lipinski definition) is 4. The van der Waals surface area contributed by atoms with E-state index in [-0.39, 0.29) is 5.56 Å². The van der Waals surface area contributed by atoms with E-state index in [0.717, 1.165) is 16.1 Å². The van der Waals surface area contributed by atoms with Gasteiger partial charge in [-0.2, -0.15) is 10.4 Å². The van der Waals surface area contributed by atoms with Crippen LogP contribution < -0.4 is 5.56 Å². The maximum Gasteiger partial charge on any atom is 0.267 e. The Morgan fingerprint density at radius 1 is 1.14 bits per heavy atom. The van der Waals surface area contributed by atoms with Crippen LogP contribution in [0.15, 0.2) is 58.7 Å². The molecule has 4 nitrogen and oxygen atoms in total. The topological polar surface area (TPSA) is 58.7 Å². The lowest BCUT2D eigenvalue weighted by Crippen LogP contribution is -2.23. The summed E-state index contributed by atoms with van der Waals surface area (Å²) in [7, 11) is 0. The Morgan fingerprint density at radius 3 is 2.76 bits per heavy atom. The molecule has 0 unspecified atom stereocenters. The van der Waals surface area contributed by atoms with Gasteiger partial charge in [-0.05, 0) is 29.1 Å². The molecule has 0 N–H and O–H groups in total. The summed E-state index contributed by atoms with van der Waals surface area (Å²) in [6.07, 6.45) is 0. The maximum absolute atomic E-state index is 12.0. The molecule has 5 heteroatoms. The van der Waals surface area contributed by atoms with Gasteiger partial charge in [0.15, 0.2) is 0 Å². The second-order valence-corrected chi connectivity index (χ2v) is 5.41. The first-order chi connectivity index (χ1) is 10.3. The second-order valence-electron chi connectivity index (χ2n) is 4.46. The summed E-state index contributed by atoms with van der Waals surface area (Å²) in [5.74, 6) is 0. The predicted octanol–water partition coefficient (Wildman–Crippen LogP) is 2.89. The molecule has 1 aromatic carbocycles. The van der Waals surface area contributed by atoms with Crippen LogP contribution in [0.5, 0.6) is 0 Å². The zero-order chi connectivity index (χ0) is 14.7. The average molecular weight is 293 g/mol. The summed E-state index contributed by atoms with van der Waals surface area (Å²) in [5, 5.41) is 15.5. The van der Waals surface area contributed by atoms with Crippen molar-refractivity contribution in [1.29, 1.82) is 5.26 Å². The molecule has 2 aromatic heterocycles. The molecule has 3 aromatic rings. The van der Waals surface area contributed by atoms with Gasteiger partial charge in [0.05, 0.1) is 23.1 Å². The molecule has 0 atom stereocenters. The lowest BCUT2D eigenvalue weighted by atomic mass is 10.1. The molecule has 0 saturated heterocycles. The van der Waals surface area contributed by atoms with Gasteiger partial charge < -0.3 is 0 Å². The molecule has 0 saturated carbocycles. The number of thiophene rings is 1. The van der Waals surface area contributed by atoms with Crippen molar-refractivity contribution in [2.24, 2.45) is 0 Å². The minimum absolute atomic E-state index is 0.178. The van der Waals surface area contributed by atoms with E-state index in [1.807, 2.05) is 29.6 Å². The molecule has 0 radical (unpaired) electrons. The summed E-state index contributed by atoms with van der Waals surface area (Å²) >= 11 is 1.57. The molecule has 0 aliphatic heterocycles. The van der Waals surface area contributed by atoms with Gasteiger partial charge >= 0.3 is 0 Å². The molecular weight excluding hydrogens is 282 g/mol. The van der Waals surface area contributed by atoms with E-state index < -0.39 is 0 Å². The first-order valence-electron chi connectivity index (χ1n) is 6.38. The summed E-state index contributed by atoms with van der Waals surface area (Å²) in [5.41, 5.74) is 1.94. The lowest BCUT2D eigenvalue weighted by Gasteiger charge is -2.07. The van der Waals surface area contributed by atoms with Crippen molar-refractivity contribution in [3.8, 4) is 16.6 Å². The van der Waals surface area contributed by atoms with E-state index in [2.05, 4.69) is 11.2 Å². The first-order valence-corrected chi connectivity index (χ1v) is 7.26. The Balaban J connectivity index is 2.01. The quantitative estimate of drug-likeness (QED) is 0.746. The van der Waals surface area contributed by atoms with Crippen molar-refractivity contribution in [1.82, 2.24) is 9.78 Å². The van der Waals surface area contributed by atoms with Gasteiger partial charge in [0.2, 0.25) is 0 Å². The zero-order valence-corrected chi connectivity index (χ0v) is 11.9. The smallest absolute Gasteiger partial charge is 0.267 e. The lowest BCUT2D eigenvalue weighted by molar-refractivity contribution is 0.642. The van der Waals surface area contributed by atoms with Crippen molar-refractivity contribution in [3.63, 3.8) is 0 Å². The number of rotatable bonds is 3. The number of aromatic nitrogens is 2. The summed E-state index contributed by atoms with van der Waals surface area (Å²) in [6.45, 7) is 0.293. The van der Waals surface area contributed by atoms with Gasteiger partial charge in [-0.1, -0.05) is 24.3 Å². The SMILES string of the molecule is N#Cc1ccccc1Cn1nc(-c2cccs2)ccc1=O.